The third kappa shape index (κ3) is 4.24. The number of hydrogen-bond acceptors (Lipinski definition) is 4. The Labute approximate surface area is 143 Å². The number of hydrogen-bond donors (Lipinski definition) is 0. The number of ether oxygens (including phenoxy) is 2. The molecule has 1 aromatic heterocycles. The van der Waals surface area contributed by atoms with Gasteiger partial charge in [-0.25, -0.2) is 4.98 Å². The fourth-order valence-electron chi connectivity index (χ4n) is 3.16. The second-order valence-corrected chi connectivity index (χ2v) is 6.21. The summed E-state index contributed by atoms with van der Waals surface area (Å²) in [5.74, 6) is 2.45. The van der Waals surface area contributed by atoms with E-state index in [9.17, 15) is 0 Å². The number of benzene rings is 1. The number of nitrogens with zero attached hydrogens (tertiary/aromatic N) is 3. The first kappa shape index (κ1) is 16.7. The molecule has 0 saturated carbocycles. The van der Waals surface area contributed by atoms with Gasteiger partial charge in [-0.3, -0.25) is 4.90 Å². The highest BCUT2D eigenvalue weighted by Gasteiger charge is 2.22. The fourth-order valence-corrected chi connectivity index (χ4v) is 3.16. The monoisotopic (exact) mass is 327 g/mol. The molecule has 5 nitrogen and oxygen atoms in total. The van der Waals surface area contributed by atoms with Crippen LogP contribution in [0.5, 0.6) is 5.75 Å². The quantitative estimate of drug-likeness (QED) is 0.579. The maximum atomic E-state index is 5.70. The van der Waals surface area contributed by atoms with Crippen LogP contribution in [0.3, 0.4) is 0 Å². The van der Waals surface area contributed by atoms with Gasteiger partial charge in [-0.1, -0.05) is 18.2 Å². The molecule has 0 radical (unpaired) electrons. The SMILES string of the molecule is C=CCOC[C@H]1CN(Cc2ccc(OC)cc2)Cc2nccn2C1. The highest BCUT2D eigenvalue weighted by molar-refractivity contribution is 5.27. The Morgan fingerprint density at radius 2 is 2.12 bits per heavy atom. The van der Waals surface area contributed by atoms with Crippen LogP contribution in [0.4, 0.5) is 0 Å². The molecule has 0 unspecified atom stereocenters. The molecule has 24 heavy (non-hydrogen) atoms. The van der Waals surface area contributed by atoms with Crippen molar-refractivity contribution in [1.29, 1.82) is 0 Å². The summed E-state index contributed by atoms with van der Waals surface area (Å²) >= 11 is 0. The molecule has 0 amide bonds. The number of methoxy groups -OCH3 is 1. The van der Waals surface area contributed by atoms with Gasteiger partial charge < -0.3 is 14.0 Å². The summed E-state index contributed by atoms with van der Waals surface area (Å²) in [6, 6.07) is 8.27. The second kappa shape index (κ2) is 8.13. The van der Waals surface area contributed by atoms with Crippen LogP contribution in [0.25, 0.3) is 0 Å². The molecule has 0 saturated heterocycles. The lowest BCUT2D eigenvalue weighted by atomic mass is 10.1. The maximum absolute atomic E-state index is 5.70. The Bertz CT molecular complexity index is 651. The lowest BCUT2D eigenvalue weighted by Crippen LogP contribution is -2.30. The van der Waals surface area contributed by atoms with E-state index in [-0.39, 0.29) is 0 Å². The molecule has 1 atom stereocenters. The third-order valence-electron chi connectivity index (χ3n) is 4.29. The molecule has 0 spiro atoms. The minimum absolute atomic E-state index is 0.443. The Morgan fingerprint density at radius 3 is 2.88 bits per heavy atom. The summed E-state index contributed by atoms with van der Waals surface area (Å²) in [5.41, 5.74) is 1.28. The standard InChI is InChI=1S/C19H25N3O2/c1-3-10-24-15-17-12-21(14-19-20-8-9-22(19)13-17)11-16-4-6-18(23-2)7-5-16/h3-9,17H,1,10-15H2,2H3/t17-/m0/s1. The first-order valence-electron chi connectivity index (χ1n) is 8.32. The van der Waals surface area contributed by atoms with E-state index in [0.717, 1.165) is 44.4 Å². The van der Waals surface area contributed by atoms with Crippen molar-refractivity contribution < 1.29 is 9.47 Å². The van der Waals surface area contributed by atoms with Crippen LogP contribution >= 0.6 is 0 Å². The van der Waals surface area contributed by atoms with Gasteiger partial charge in [-0.2, -0.15) is 0 Å². The molecule has 0 N–H and O–H groups in total. The van der Waals surface area contributed by atoms with Crippen LogP contribution in [-0.2, 0) is 24.4 Å². The smallest absolute Gasteiger partial charge is 0.122 e. The predicted octanol–water partition coefficient (Wildman–Crippen LogP) is 2.73. The van der Waals surface area contributed by atoms with Gasteiger partial charge in [0.25, 0.3) is 0 Å². The van der Waals surface area contributed by atoms with Crippen LogP contribution in [0.15, 0.2) is 49.3 Å². The molecule has 2 aromatic rings. The van der Waals surface area contributed by atoms with Gasteiger partial charge in [0, 0.05) is 37.9 Å². The van der Waals surface area contributed by atoms with E-state index in [0.29, 0.717) is 12.5 Å². The molecule has 0 fully saturated rings. The average Bonchev–Trinajstić information content (AvgIpc) is 2.95. The molecule has 2 heterocycles. The van der Waals surface area contributed by atoms with E-state index in [2.05, 4.69) is 39.4 Å². The fraction of sp³-hybridized carbons (Fsp3) is 0.421. The summed E-state index contributed by atoms with van der Waals surface area (Å²) in [6.45, 7) is 8.75. The topological polar surface area (TPSA) is 39.5 Å². The van der Waals surface area contributed by atoms with Gasteiger partial charge in [0.05, 0.1) is 26.9 Å². The average molecular weight is 327 g/mol. The molecule has 128 valence electrons. The van der Waals surface area contributed by atoms with Crippen molar-refractivity contribution in [3.8, 4) is 5.75 Å². The van der Waals surface area contributed by atoms with E-state index in [4.69, 9.17) is 9.47 Å². The maximum Gasteiger partial charge on any atom is 0.122 e. The Morgan fingerprint density at radius 1 is 1.29 bits per heavy atom. The van der Waals surface area contributed by atoms with Crippen molar-refractivity contribution in [2.75, 3.05) is 26.9 Å². The summed E-state index contributed by atoms with van der Waals surface area (Å²) in [6.07, 6.45) is 5.75. The molecule has 5 heteroatoms. The van der Waals surface area contributed by atoms with Gasteiger partial charge in [-0.15, -0.1) is 6.58 Å². The van der Waals surface area contributed by atoms with Crippen LogP contribution in [0, 0.1) is 5.92 Å². The molecular formula is C19H25N3O2. The van der Waals surface area contributed by atoms with Gasteiger partial charge in [0.1, 0.15) is 11.6 Å². The predicted molar refractivity (Wildman–Crippen MR) is 93.8 cm³/mol. The van der Waals surface area contributed by atoms with Crippen molar-refractivity contribution in [1.82, 2.24) is 14.5 Å². The lowest BCUT2D eigenvalue weighted by Gasteiger charge is -2.23. The minimum atomic E-state index is 0.443. The molecule has 0 bridgehead atoms. The lowest BCUT2D eigenvalue weighted by molar-refractivity contribution is 0.0943. The first-order chi connectivity index (χ1) is 11.8. The highest BCUT2D eigenvalue weighted by atomic mass is 16.5. The van der Waals surface area contributed by atoms with Crippen molar-refractivity contribution in [2.24, 2.45) is 5.92 Å². The first-order valence-corrected chi connectivity index (χ1v) is 8.32. The molecule has 1 aromatic carbocycles. The van der Waals surface area contributed by atoms with E-state index in [1.807, 2.05) is 18.3 Å². The zero-order chi connectivity index (χ0) is 16.8. The van der Waals surface area contributed by atoms with E-state index in [1.165, 1.54) is 5.56 Å². The van der Waals surface area contributed by atoms with E-state index < -0.39 is 0 Å². The van der Waals surface area contributed by atoms with Crippen molar-refractivity contribution in [3.05, 3.63) is 60.7 Å². The van der Waals surface area contributed by atoms with Gasteiger partial charge in [0.15, 0.2) is 0 Å². The molecule has 0 aliphatic carbocycles. The van der Waals surface area contributed by atoms with Gasteiger partial charge in [0.2, 0.25) is 0 Å². The molecular weight excluding hydrogens is 302 g/mol. The Kier molecular flexibility index (Phi) is 5.67. The van der Waals surface area contributed by atoms with Crippen LogP contribution in [-0.4, -0.2) is 41.3 Å². The normalized spacial score (nSPS) is 18.0. The van der Waals surface area contributed by atoms with Gasteiger partial charge in [-0.05, 0) is 17.7 Å². The second-order valence-electron chi connectivity index (χ2n) is 6.21. The molecule has 1 aliphatic rings. The third-order valence-corrected chi connectivity index (χ3v) is 4.29. The minimum Gasteiger partial charge on any atom is -0.497 e. The van der Waals surface area contributed by atoms with E-state index in [1.54, 1.807) is 13.2 Å². The zero-order valence-corrected chi connectivity index (χ0v) is 14.2. The van der Waals surface area contributed by atoms with E-state index >= 15 is 0 Å². The van der Waals surface area contributed by atoms with Crippen molar-refractivity contribution in [3.63, 3.8) is 0 Å². The Hall–Kier alpha value is -2.11. The number of rotatable bonds is 7. The summed E-state index contributed by atoms with van der Waals surface area (Å²) in [4.78, 5) is 6.95. The van der Waals surface area contributed by atoms with Gasteiger partial charge >= 0.3 is 0 Å². The number of fused-ring (bicyclic) bond motifs is 1. The number of aromatic nitrogens is 2. The van der Waals surface area contributed by atoms with Crippen molar-refractivity contribution in [2.45, 2.75) is 19.6 Å². The Balaban J connectivity index is 1.69. The summed E-state index contributed by atoms with van der Waals surface area (Å²) in [5, 5.41) is 0. The zero-order valence-electron chi connectivity index (χ0n) is 14.2. The molecule has 1 aliphatic heterocycles. The van der Waals surface area contributed by atoms with Crippen molar-refractivity contribution >= 4 is 0 Å². The summed E-state index contributed by atoms with van der Waals surface area (Å²) < 4.78 is 13.2. The van der Waals surface area contributed by atoms with Crippen LogP contribution < -0.4 is 4.74 Å². The summed E-state index contributed by atoms with van der Waals surface area (Å²) in [7, 11) is 1.69. The van der Waals surface area contributed by atoms with Crippen LogP contribution in [0.1, 0.15) is 11.4 Å². The molecule has 3 rings (SSSR count). The largest absolute Gasteiger partial charge is 0.497 e. The van der Waals surface area contributed by atoms with Crippen LogP contribution in [0.2, 0.25) is 0 Å². The number of imidazole rings is 1. The highest BCUT2D eigenvalue weighted by Crippen LogP contribution is 2.19.